The number of benzene rings is 1. The lowest BCUT2D eigenvalue weighted by Gasteiger charge is -2.43. The zero-order chi connectivity index (χ0) is 14.9. The first kappa shape index (κ1) is 15.0. The highest BCUT2D eigenvalue weighted by Gasteiger charge is 2.41. The normalized spacial score (nSPS) is 25.0. The van der Waals surface area contributed by atoms with Gasteiger partial charge in [0, 0.05) is 18.1 Å². The van der Waals surface area contributed by atoms with E-state index in [0.717, 1.165) is 19.3 Å². The summed E-state index contributed by atoms with van der Waals surface area (Å²) in [4.78, 5) is 12.7. The van der Waals surface area contributed by atoms with E-state index in [0.29, 0.717) is 18.6 Å². The molecule has 0 aromatic heterocycles. The smallest absolute Gasteiger partial charge is 0.167 e. The monoisotopic (exact) mass is 310 g/mol. The van der Waals surface area contributed by atoms with E-state index in [4.69, 9.17) is 16.3 Å². The number of rotatable bonds is 2. The van der Waals surface area contributed by atoms with Gasteiger partial charge >= 0.3 is 0 Å². The lowest BCUT2D eigenvalue weighted by molar-refractivity contribution is -0.111. The van der Waals surface area contributed by atoms with E-state index in [1.807, 2.05) is 0 Å². The SMILES string of the molecule is O=C(c1cccc(F)c1Cl)C1CCOC2(CCCCC2)C1. The fraction of sp³-hybridized carbons (Fsp3) is 0.588. The number of hydrogen-bond donors (Lipinski definition) is 0. The molecule has 0 amide bonds. The van der Waals surface area contributed by atoms with Gasteiger partial charge in [0.15, 0.2) is 5.78 Å². The van der Waals surface area contributed by atoms with Crippen molar-refractivity contribution in [3.63, 3.8) is 0 Å². The predicted octanol–water partition coefficient (Wildman–Crippen LogP) is 4.79. The topological polar surface area (TPSA) is 26.3 Å². The van der Waals surface area contributed by atoms with Crippen molar-refractivity contribution >= 4 is 17.4 Å². The molecule has 1 aliphatic heterocycles. The molecule has 1 saturated heterocycles. The third-order valence-electron chi connectivity index (χ3n) is 4.85. The van der Waals surface area contributed by atoms with Crippen LogP contribution < -0.4 is 0 Å². The fourth-order valence-electron chi connectivity index (χ4n) is 3.71. The Morgan fingerprint density at radius 2 is 2.05 bits per heavy atom. The summed E-state index contributed by atoms with van der Waals surface area (Å²) in [5.74, 6) is -0.661. The Kier molecular flexibility index (Phi) is 4.32. The quantitative estimate of drug-likeness (QED) is 0.734. The maximum absolute atomic E-state index is 13.5. The molecule has 0 radical (unpaired) electrons. The van der Waals surface area contributed by atoms with Gasteiger partial charge < -0.3 is 4.74 Å². The lowest BCUT2D eigenvalue weighted by atomic mass is 9.74. The van der Waals surface area contributed by atoms with Crippen LogP contribution in [0.1, 0.15) is 55.3 Å². The van der Waals surface area contributed by atoms with Crippen molar-refractivity contribution in [1.82, 2.24) is 0 Å². The molecule has 2 aliphatic rings. The number of ketones is 1. The van der Waals surface area contributed by atoms with Crippen LogP contribution in [-0.2, 0) is 4.74 Å². The molecule has 3 rings (SSSR count). The van der Waals surface area contributed by atoms with Crippen molar-refractivity contribution in [2.75, 3.05) is 6.61 Å². The summed E-state index contributed by atoms with van der Waals surface area (Å²) in [6.07, 6.45) is 7.11. The van der Waals surface area contributed by atoms with Crippen molar-refractivity contribution in [1.29, 1.82) is 0 Å². The maximum atomic E-state index is 13.5. The van der Waals surface area contributed by atoms with Gasteiger partial charge in [-0.2, -0.15) is 0 Å². The fourth-order valence-corrected chi connectivity index (χ4v) is 3.93. The van der Waals surface area contributed by atoms with Crippen LogP contribution in [0, 0.1) is 11.7 Å². The molecule has 1 atom stereocenters. The van der Waals surface area contributed by atoms with Crippen molar-refractivity contribution in [2.24, 2.45) is 5.92 Å². The summed E-state index contributed by atoms with van der Waals surface area (Å²) in [5.41, 5.74) is 0.186. The summed E-state index contributed by atoms with van der Waals surface area (Å²) in [6.45, 7) is 0.614. The van der Waals surface area contributed by atoms with Gasteiger partial charge in [0.05, 0.1) is 10.6 Å². The number of Topliss-reactive ketones (excluding diaryl/α,β-unsaturated/α-hetero) is 1. The van der Waals surface area contributed by atoms with Crippen molar-refractivity contribution in [3.05, 3.63) is 34.6 Å². The van der Waals surface area contributed by atoms with Crippen molar-refractivity contribution < 1.29 is 13.9 Å². The molecule has 114 valence electrons. The first-order valence-corrected chi connectivity index (χ1v) is 8.11. The number of hydrogen-bond acceptors (Lipinski definition) is 2. The lowest BCUT2D eigenvalue weighted by Crippen LogP contribution is -2.43. The molecule has 0 bridgehead atoms. The minimum Gasteiger partial charge on any atom is -0.375 e. The molecule has 4 heteroatoms. The van der Waals surface area contributed by atoms with Crippen molar-refractivity contribution in [2.45, 2.75) is 50.5 Å². The third-order valence-corrected chi connectivity index (χ3v) is 5.23. The molecule has 2 nitrogen and oxygen atoms in total. The summed E-state index contributed by atoms with van der Waals surface area (Å²) < 4.78 is 19.6. The molecule has 1 saturated carbocycles. The Bertz CT molecular complexity index is 532. The molecule has 21 heavy (non-hydrogen) atoms. The summed E-state index contributed by atoms with van der Waals surface area (Å²) >= 11 is 5.96. The number of ether oxygens (including phenoxy) is 1. The Hall–Kier alpha value is -0.930. The van der Waals surface area contributed by atoms with Gasteiger partial charge in [0.1, 0.15) is 5.82 Å². The second-order valence-corrected chi connectivity index (χ2v) is 6.63. The minimum absolute atomic E-state index is 0.0345. The average molecular weight is 311 g/mol. The summed E-state index contributed by atoms with van der Waals surface area (Å²) in [6, 6.07) is 4.45. The van der Waals surface area contributed by atoms with Gasteiger partial charge in [0.25, 0.3) is 0 Å². The summed E-state index contributed by atoms with van der Waals surface area (Å²) in [7, 11) is 0. The molecular formula is C17H20ClFO2. The zero-order valence-corrected chi connectivity index (χ0v) is 12.8. The standard InChI is InChI=1S/C17H20ClFO2/c18-15-13(5-4-6-14(15)19)16(20)12-7-10-21-17(11-12)8-2-1-3-9-17/h4-6,12H,1-3,7-11H2. The Labute approximate surface area is 129 Å². The van der Waals surface area contributed by atoms with Crippen molar-refractivity contribution in [3.8, 4) is 0 Å². The average Bonchev–Trinajstić information content (AvgIpc) is 2.50. The second-order valence-electron chi connectivity index (χ2n) is 6.25. The van der Waals surface area contributed by atoms with Gasteiger partial charge in [-0.3, -0.25) is 4.79 Å². The second kappa shape index (κ2) is 6.05. The Morgan fingerprint density at radius 3 is 2.81 bits per heavy atom. The van der Waals surface area contributed by atoms with E-state index in [2.05, 4.69) is 0 Å². The van der Waals surface area contributed by atoms with Crippen LogP contribution in [0.5, 0.6) is 0 Å². The van der Waals surface area contributed by atoms with Crippen LogP contribution in [0.4, 0.5) is 4.39 Å². The van der Waals surface area contributed by atoms with E-state index in [1.165, 1.54) is 25.3 Å². The Morgan fingerprint density at radius 1 is 1.29 bits per heavy atom. The van der Waals surface area contributed by atoms with E-state index >= 15 is 0 Å². The highest BCUT2D eigenvalue weighted by molar-refractivity contribution is 6.34. The van der Waals surface area contributed by atoms with Gasteiger partial charge in [-0.1, -0.05) is 36.9 Å². The number of halogens is 2. The molecule has 1 aromatic rings. The molecule has 1 spiro atoms. The molecule has 2 fully saturated rings. The van der Waals surface area contributed by atoms with E-state index in [9.17, 15) is 9.18 Å². The predicted molar refractivity (Wildman–Crippen MR) is 80.2 cm³/mol. The highest BCUT2D eigenvalue weighted by atomic mass is 35.5. The first-order valence-electron chi connectivity index (χ1n) is 7.73. The largest absolute Gasteiger partial charge is 0.375 e. The van der Waals surface area contributed by atoms with Crippen LogP contribution in [0.25, 0.3) is 0 Å². The van der Waals surface area contributed by atoms with Crippen LogP contribution in [0.2, 0.25) is 5.02 Å². The minimum atomic E-state index is -0.526. The molecule has 1 aromatic carbocycles. The number of carbonyl (C=O) groups is 1. The maximum Gasteiger partial charge on any atom is 0.167 e. The van der Waals surface area contributed by atoms with E-state index < -0.39 is 5.82 Å². The van der Waals surface area contributed by atoms with Crippen LogP contribution in [0.3, 0.4) is 0 Å². The molecule has 1 heterocycles. The molecular weight excluding hydrogens is 291 g/mol. The molecule has 0 N–H and O–H groups in total. The van der Waals surface area contributed by atoms with E-state index in [-0.39, 0.29) is 22.3 Å². The Balaban J connectivity index is 1.79. The van der Waals surface area contributed by atoms with Gasteiger partial charge in [0.2, 0.25) is 0 Å². The van der Waals surface area contributed by atoms with Gasteiger partial charge in [-0.15, -0.1) is 0 Å². The highest BCUT2D eigenvalue weighted by Crippen LogP contribution is 2.42. The zero-order valence-electron chi connectivity index (χ0n) is 12.0. The van der Waals surface area contributed by atoms with E-state index in [1.54, 1.807) is 12.1 Å². The third kappa shape index (κ3) is 3.00. The van der Waals surface area contributed by atoms with Gasteiger partial charge in [-0.25, -0.2) is 4.39 Å². The first-order chi connectivity index (χ1) is 10.1. The van der Waals surface area contributed by atoms with Gasteiger partial charge in [-0.05, 0) is 37.8 Å². The van der Waals surface area contributed by atoms with Crippen LogP contribution in [0.15, 0.2) is 18.2 Å². The van der Waals surface area contributed by atoms with Crippen LogP contribution >= 0.6 is 11.6 Å². The molecule has 1 unspecified atom stereocenters. The number of carbonyl (C=O) groups excluding carboxylic acids is 1. The summed E-state index contributed by atoms with van der Waals surface area (Å²) in [5, 5.41) is -0.0494. The molecule has 1 aliphatic carbocycles. The van der Waals surface area contributed by atoms with Crippen LogP contribution in [-0.4, -0.2) is 18.0 Å².